The van der Waals surface area contributed by atoms with Crippen molar-refractivity contribution in [2.24, 2.45) is 0 Å². The van der Waals surface area contributed by atoms with Crippen molar-refractivity contribution in [1.29, 1.82) is 0 Å². The van der Waals surface area contributed by atoms with Gasteiger partial charge in [-0.1, -0.05) is 0 Å². The van der Waals surface area contributed by atoms with Gasteiger partial charge < -0.3 is 9.64 Å². The summed E-state index contributed by atoms with van der Waals surface area (Å²) in [5, 5.41) is 0.173. The Bertz CT molecular complexity index is 408. The number of alkyl halides is 3. The van der Waals surface area contributed by atoms with Crippen molar-refractivity contribution in [2.45, 2.75) is 19.0 Å². The van der Waals surface area contributed by atoms with Crippen molar-refractivity contribution in [3.63, 3.8) is 0 Å². The summed E-state index contributed by atoms with van der Waals surface area (Å²) in [6.07, 6.45) is -3.84. The molecule has 0 aliphatic carbocycles. The molecule has 0 aromatic carbocycles. The first kappa shape index (κ1) is 14.7. The fourth-order valence-corrected chi connectivity index (χ4v) is 1.81. The van der Waals surface area contributed by atoms with Crippen LogP contribution in [0.25, 0.3) is 0 Å². The standard InChI is InChI=1S/C9H12F3N3O2S/c1-15(5-3-4-6(16)17-2)8-13-7(14-18-8)9(10,11)12/h3-5H2,1-2H3. The molecule has 0 N–H and O–H groups in total. The average Bonchev–Trinajstić information content (AvgIpc) is 2.77. The molecule has 18 heavy (non-hydrogen) atoms. The zero-order valence-electron chi connectivity index (χ0n) is 9.82. The summed E-state index contributed by atoms with van der Waals surface area (Å²) in [4.78, 5) is 15.8. The average molecular weight is 283 g/mol. The summed E-state index contributed by atoms with van der Waals surface area (Å²) in [5.41, 5.74) is 0. The fourth-order valence-electron chi connectivity index (χ4n) is 1.14. The number of aromatic nitrogens is 2. The summed E-state index contributed by atoms with van der Waals surface area (Å²) in [7, 11) is 2.88. The molecule has 1 rings (SSSR count). The monoisotopic (exact) mass is 283 g/mol. The Balaban J connectivity index is 2.49. The van der Waals surface area contributed by atoms with Gasteiger partial charge in [-0.2, -0.15) is 22.5 Å². The predicted molar refractivity (Wildman–Crippen MR) is 59.4 cm³/mol. The Morgan fingerprint density at radius 1 is 1.50 bits per heavy atom. The fraction of sp³-hybridized carbons (Fsp3) is 0.667. The lowest BCUT2D eigenvalue weighted by Gasteiger charge is -2.14. The van der Waals surface area contributed by atoms with Crippen molar-refractivity contribution >= 4 is 22.6 Å². The van der Waals surface area contributed by atoms with Crippen LogP contribution in [0.15, 0.2) is 0 Å². The van der Waals surface area contributed by atoms with E-state index in [1.807, 2.05) is 0 Å². The van der Waals surface area contributed by atoms with Gasteiger partial charge >= 0.3 is 12.1 Å². The van der Waals surface area contributed by atoms with E-state index in [9.17, 15) is 18.0 Å². The lowest BCUT2D eigenvalue weighted by Crippen LogP contribution is -2.19. The van der Waals surface area contributed by atoms with Gasteiger partial charge in [0.2, 0.25) is 11.0 Å². The molecule has 0 aliphatic heterocycles. The van der Waals surface area contributed by atoms with Gasteiger partial charge in [-0.25, -0.2) is 0 Å². The first-order valence-corrected chi connectivity index (χ1v) is 5.80. The van der Waals surface area contributed by atoms with Gasteiger partial charge in [0.15, 0.2) is 0 Å². The summed E-state index contributed by atoms with van der Waals surface area (Å²) < 4.78 is 44.5. The first-order valence-electron chi connectivity index (χ1n) is 5.03. The molecule has 0 bridgehead atoms. The Labute approximate surface area is 106 Å². The normalized spacial score (nSPS) is 11.4. The topological polar surface area (TPSA) is 55.3 Å². The molecular weight excluding hydrogens is 271 g/mol. The van der Waals surface area contributed by atoms with Crippen LogP contribution in [0, 0.1) is 0 Å². The maximum Gasteiger partial charge on any atom is 0.452 e. The largest absolute Gasteiger partial charge is 0.469 e. The summed E-state index contributed by atoms with van der Waals surface area (Å²) in [6.45, 7) is 0.404. The Hall–Kier alpha value is -1.38. The molecule has 0 amide bonds. The maximum absolute atomic E-state index is 12.3. The number of hydrogen-bond acceptors (Lipinski definition) is 6. The minimum absolute atomic E-state index is 0.173. The van der Waals surface area contributed by atoms with E-state index in [4.69, 9.17) is 0 Å². The number of nitrogens with zero attached hydrogens (tertiary/aromatic N) is 3. The van der Waals surface area contributed by atoms with Crippen molar-refractivity contribution in [1.82, 2.24) is 9.36 Å². The number of methoxy groups -OCH3 is 1. The van der Waals surface area contributed by atoms with Gasteiger partial charge in [0.05, 0.1) is 7.11 Å². The SMILES string of the molecule is COC(=O)CCCN(C)c1nc(C(F)(F)F)ns1. The molecule has 0 unspecified atom stereocenters. The summed E-state index contributed by atoms with van der Waals surface area (Å²) >= 11 is 0.678. The number of halogens is 3. The highest BCUT2D eigenvalue weighted by atomic mass is 32.1. The van der Waals surface area contributed by atoms with Gasteiger partial charge in [0, 0.05) is 31.5 Å². The molecule has 0 atom stereocenters. The molecule has 0 spiro atoms. The van der Waals surface area contributed by atoms with Crippen LogP contribution in [0.5, 0.6) is 0 Å². The second-order valence-electron chi connectivity index (χ2n) is 3.50. The van der Waals surface area contributed by atoms with Crippen LogP contribution in [0.1, 0.15) is 18.7 Å². The molecule has 0 fully saturated rings. The number of carbonyl (C=O) groups is 1. The minimum atomic E-state index is -4.53. The van der Waals surface area contributed by atoms with Crippen LogP contribution < -0.4 is 4.90 Å². The number of esters is 1. The quantitative estimate of drug-likeness (QED) is 0.773. The summed E-state index contributed by atoms with van der Waals surface area (Å²) in [5.74, 6) is -1.49. The minimum Gasteiger partial charge on any atom is -0.469 e. The van der Waals surface area contributed by atoms with Crippen molar-refractivity contribution < 1.29 is 22.7 Å². The lowest BCUT2D eigenvalue weighted by atomic mass is 10.3. The molecule has 1 aromatic rings. The van der Waals surface area contributed by atoms with Crippen LogP contribution in [0.3, 0.4) is 0 Å². The molecule has 0 radical (unpaired) electrons. The number of rotatable bonds is 5. The molecule has 9 heteroatoms. The summed E-state index contributed by atoms with van der Waals surface area (Å²) in [6, 6.07) is 0. The van der Waals surface area contributed by atoms with Crippen LogP contribution in [0.4, 0.5) is 18.3 Å². The van der Waals surface area contributed by atoms with Gasteiger partial charge in [0.1, 0.15) is 0 Å². The van der Waals surface area contributed by atoms with E-state index in [0.29, 0.717) is 24.5 Å². The predicted octanol–water partition coefficient (Wildman–Crippen LogP) is 1.95. The zero-order valence-corrected chi connectivity index (χ0v) is 10.6. The molecule has 0 saturated carbocycles. The van der Waals surface area contributed by atoms with E-state index in [0.717, 1.165) is 0 Å². The number of ether oxygens (including phenoxy) is 1. The van der Waals surface area contributed by atoms with Crippen molar-refractivity contribution in [3.05, 3.63) is 5.82 Å². The highest BCUT2D eigenvalue weighted by Crippen LogP contribution is 2.29. The van der Waals surface area contributed by atoms with Crippen LogP contribution in [-0.2, 0) is 15.7 Å². The number of hydrogen-bond donors (Lipinski definition) is 0. The second-order valence-corrected chi connectivity index (χ2v) is 4.23. The Morgan fingerprint density at radius 2 is 2.17 bits per heavy atom. The van der Waals surface area contributed by atoms with Crippen LogP contribution in [0.2, 0.25) is 0 Å². The van der Waals surface area contributed by atoms with E-state index >= 15 is 0 Å². The highest BCUT2D eigenvalue weighted by molar-refractivity contribution is 7.09. The Morgan fingerprint density at radius 3 is 2.67 bits per heavy atom. The molecular formula is C9H12F3N3O2S. The van der Waals surface area contributed by atoms with E-state index in [1.54, 1.807) is 7.05 Å². The smallest absolute Gasteiger partial charge is 0.452 e. The van der Waals surface area contributed by atoms with Gasteiger partial charge in [0.25, 0.3) is 0 Å². The van der Waals surface area contributed by atoms with Crippen LogP contribution in [-0.4, -0.2) is 36.0 Å². The lowest BCUT2D eigenvalue weighted by molar-refractivity contribution is -0.144. The Kier molecular flexibility index (Phi) is 4.88. The van der Waals surface area contributed by atoms with E-state index in [-0.39, 0.29) is 17.5 Å². The van der Waals surface area contributed by atoms with E-state index in [1.165, 1.54) is 12.0 Å². The molecule has 1 heterocycles. The molecule has 5 nitrogen and oxygen atoms in total. The molecule has 0 aliphatic rings. The molecule has 102 valence electrons. The zero-order chi connectivity index (χ0) is 13.8. The third-order valence-corrected chi connectivity index (χ3v) is 2.93. The maximum atomic E-state index is 12.3. The third-order valence-electron chi connectivity index (χ3n) is 2.10. The molecule has 0 saturated heterocycles. The van der Waals surface area contributed by atoms with E-state index < -0.39 is 12.0 Å². The molecule has 1 aromatic heterocycles. The van der Waals surface area contributed by atoms with Gasteiger partial charge in [-0.05, 0) is 6.42 Å². The van der Waals surface area contributed by atoms with E-state index in [2.05, 4.69) is 14.1 Å². The first-order chi connectivity index (χ1) is 8.34. The van der Waals surface area contributed by atoms with Crippen molar-refractivity contribution in [3.8, 4) is 0 Å². The highest BCUT2D eigenvalue weighted by Gasteiger charge is 2.36. The second kappa shape index (κ2) is 5.98. The number of carbonyl (C=O) groups excluding carboxylic acids is 1. The number of anilines is 1. The van der Waals surface area contributed by atoms with Gasteiger partial charge in [-0.15, -0.1) is 0 Å². The van der Waals surface area contributed by atoms with Gasteiger partial charge in [-0.3, -0.25) is 4.79 Å². The third kappa shape index (κ3) is 4.13. The van der Waals surface area contributed by atoms with Crippen molar-refractivity contribution in [2.75, 3.05) is 25.6 Å². The van der Waals surface area contributed by atoms with Crippen LogP contribution >= 0.6 is 11.5 Å².